The first-order valence-electron chi connectivity index (χ1n) is 3.08. The standard InChI is InChI=1S/C8H7S/c1-2-4-8-7(3-1)5-6-9-8/h1,3-4H,5-6H2. The van der Waals surface area contributed by atoms with Crippen LogP contribution < -0.4 is 0 Å². The van der Waals surface area contributed by atoms with Crippen LogP contribution in [0.25, 0.3) is 0 Å². The van der Waals surface area contributed by atoms with Crippen molar-refractivity contribution < 1.29 is 0 Å². The van der Waals surface area contributed by atoms with Gasteiger partial charge in [-0.05, 0) is 24.1 Å². The summed E-state index contributed by atoms with van der Waals surface area (Å²) in [6.45, 7) is 0. The quantitative estimate of drug-likeness (QED) is 0.525. The summed E-state index contributed by atoms with van der Waals surface area (Å²) in [6.07, 6.45) is 1.24. The molecule has 0 nitrogen and oxygen atoms in total. The zero-order valence-electron chi connectivity index (χ0n) is 5.05. The highest BCUT2D eigenvalue weighted by Crippen LogP contribution is 2.29. The lowest BCUT2D eigenvalue weighted by Gasteiger charge is -1.91. The summed E-state index contributed by atoms with van der Waals surface area (Å²) in [5.41, 5.74) is 1.50. The first kappa shape index (κ1) is 5.36. The lowest BCUT2D eigenvalue weighted by molar-refractivity contribution is 1.15. The highest BCUT2D eigenvalue weighted by molar-refractivity contribution is 7.99. The van der Waals surface area contributed by atoms with Gasteiger partial charge < -0.3 is 0 Å². The van der Waals surface area contributed by atoms with Crippen molar-refractivity contribution in [3.63, 3.8) is 0 Å². The second kappa shape index (κ2) is 2.07. The Labute approximate surface area is 59.3 Å². The molecule has 0 saturated carbocycles. The van der Waals surface area contributed by atoms with Crippen LogP contribution in [-0.2, 0) is 6.42 Å². The first-order chi connectivity index (χ1) is 4.47. The van der Waals surface area contributed by atoms with E-state index >= 15 is 0 Å². The molecule has 0 atom stereocenters. The molecule has 1 aliphatic rings. The number of hydrogen-bond donors (Lipinski definition) is 0. The molecule has 1 aromatic carbocycles. The van der Waals surface area contributed by atoms with Crippen LogP contribution in [0.2, 0.25) is 0 Å². The Morgan fingerprint density at radius 3 is 3.44 bits per heavy atom. The molecule has 1 radical (unpaired) electrons. The van der Waals surface area contributed by atoms with Crippen LogP contribution in [0.3, 0.4) is 0 Å². The van der Waals surface area contributed by atoms with Gasteiger partial charge in [0.15, 0.2) is 0 Å². The summed E-state index contributed by atoms with van der Waals surface area (Å²) >= 11 is 1.94. The van der Waals surface area contributed by atoms with Crippen LogP contribution in [0.4, 0.5) is 0 Å². The molecule has 0 aliphatic carbocycles. The van der Waals surface area contributed by atoms with E-state index in [2.05, 4.69) is 18.2 Å². The second-order valence-corrected chi connectivity index (χ2v) is 3.27. The van der Waals surface area contributed by atoms with Crippen molar-refractivity contribution in [1.82, 2.24) is 0 Å². The van der Waals surface area contributed by atoms with E-state index in [1.807, 2.05) is 17.8 Å². The molecule has 1 heterocycles. The van der Waals surface area contributed by atoms with E-state index in [4.69, 9.17) is 0 Å². The topological polar surface area (TPSA) is 0 Å². The molecule has 2 rings (SSSR count). The van der Waals surface area contributed by atoms with Crippen molar-refractivity contribution in [3.8, 4) is 0 Å². The average molecular weight is 135 g/mol. The smallest absolute Gasteiger partial charge is 0.0111 e. The number of hydrogen-bond acceptors (Lipinski definition) is 1. The molecule has 0 unspecified atom stereocenters. The summed E-state index contributed by atoms with van der Waals surface area (Å²) in [5.74, 6) is 1.26. The van der Waals surface area contributed by atoms with Crippen LogP contribution in [0.1, 0.15) is 5.56 Å². The van der Waals surface area contributed by atoms with E-state index in [0.717, 1.165) is 0 Å². The van der Waals surface area contributed by atoms with Gasteiger partial charge in [-0.3, -0.25) is 0 Å². The first-order valence-corrected chi connectivity index (χ1v) is 4.07. The fourth-order valence-corrected chi connectivity index (χ4v) is 2.11. The Morgan fingerprint density at radius 2 is 2.56 bits per heavy atom. The average Bonchev–Trinajstić information content (AvgIpc) is 2.33. The Hall–Kier alpha value is -0.430. The van der Waals surface area contributed by atoms with Crippen molar-refractivity contribution in [1.29, 1.82) is 0 Å². The lowest BCUT2D eigenvalue weighted by atomic mass is 10.2. The second-order valence-electron chi connectivity index (χ2n) is 2.13. The molecule has 1 aromatic rings. The van der Waals surface area contributed by atoms with E-state index in [-0.39, 0.29) is 0 Å². The minimum absolute atomic E-state index is 1.24. The fraction of sp³-hybridized carbons (Fsp3) is 0.250. The third-order valence-corrected chi connectivity index (χ3v) is 2.64. The van der Waals surface area contributed by atoms with Gasteiger partial charge in [-0.1, -0.05) is 12.1 Å². The third kappa shape index (κ3) is 0.855. The van der Waals surface area contributed by atoms with Gasteiger partial charge in [0.2, 0.25) is 0 Å². The molecule has 9 heavy (non-hydrogen) atoms. The summed E-state index contributed by atoms with van der Waals surface area (Å²) < 4.78 is 0. The van der Waals surface area contributed by atoms with E-state index in [1.165, 1.54) is 22.6 Å². The van der Waals surface area contributed by atoms with Crippen molar-refractivity contribution in [2.45, 2.75) is 11.3 Å². The maximum atomic E-state index is 3.07. The molecular weight excluding hydrogens is 128 g/mol. The predicted molar refractivity (Wildman–Crippen MR) is 39.7 cm³/mol. The van der Waals surface area contributed by atoms with Gasteiger partial charge in [-0.15, -0.1) is 11.8 Å². The molecule has 0 saturated heterocycles. The van der Waals surface area contributed by atoms with Crippen LogP contribution in [0, 0.1) is 6.07 Å². The van der Waals surface area contributed by atoms with Gasteiger partial charge >= 0.3 is 0 Å². The Bertz CT molecular complexity index is 195. The van der Waals surface area contributed by atoms with Gasteiger partial charge in [0.25, 0.3) is 0 Å². The van der Waals surface area contributed by atoms with Gasteiger partial charge in [-0.25, -0.2) is 0 Å². The van der Waals surface area contributed by atoms with E-state index < -0.39 is 0 Å². The molecule has 0 amide bonds. The molecule has 1 aliphatic heterocycles. The van der Waals surface area contributed by atoms with Crippen LogP contribution in [0.5, 0.6) is 0 Å². The molecular formula is C8H7S. The Kier molecular flexibility index (Phi) is 1.23. The number of aryl methyl sites for hydroxylation is 1. The highest BCUT2D eigenvalue weighted by atomic mass is 32.2. The van der Waals surface area contributed by atoms with Crippen LogP contribution in [-0.4, -0.2) is 5.75 Å². The minimum Gasteiger partial charge on any atom is -0.126 e. The number of benzene rings is 1. The van der Waals surface area contributed by atoms with Crippen LogP contribution >= 0.6 is 11.8 Å². The van der Waals surface area contributed by atoms with E-state index in [1.54, 1.807) is 0 Å². The molecule has 45 valence electrons. The summed E-state index contributed by atoms with van der Waals surface area (Å²) in [7, 11) is 0. The highest BCUT2D eigenvalue weighted by Gasteiger charge is 2.08. The van der Waals surface area contributed by atoms with Crippen molar-refractivity contribution in [3.05, 3.63) is 29.8 Å². The van der Waals surface area contributed by atoms with Gasteiger partial charge in [0.1, 0.15) is 0 Å². The van der Waals surface area contributed by atoms with Crippen molar-refractivity contribution in [2.24, 2.45) is 0 Å². The normalized spacial score (nSPS) is 15.6. The number of rotatable bonds is 0. The molecule has 0 aromatic heterocycles. The van der Waals surface area contributed by atoms with E-state index in [0.29, 0.717) is 0 Å². The number of thioether (sulfide) groups is 1. The van der Waals surface area contributed by atoms with Crippen LogP contribution in [0.15, 0.2) is 23.1 Å². The molecule has 1 heteroatoms. The maximum Gasteiger partial charge on any atom is 0.0111 e. The Balaban J connectivity index is 2.54. The minimum atomic E-state index is 1.24. The fourth-order valence-electron chi connectivity index (χ4n) is 1.06. The summed E-state index contributed by atoms with van der Waals surface area (Å²) in [6, 6.07) is 9.30. The van der Waals surface area contributed by atoms with Crippen molar-refractivity contribution in [2.75, 3.05) is 5.75 Å². The molecule has 0 fully saturated rings. The maximum absolute atomic E-state index is 3.07. The zero-order chi connectivity index (χ0) is 6.10. The predicted octanol–water partition coefficient (Wildman–Crippen LogP) is 2.13. The Morgan fingerprint density at radius 1 is 1.56 bits per heavy atom. The van der Waals surface area contributed by atoms with Gasteiger partial charge in [0.05, 0.1) is 0 Å². The largest absolute Gasteiger partial charge is 0.126 e. The monoisotopic (exact) mass is 135 g/mol. The third-order valence-electron chi connectivity index (χ3n) is 1.54. The number of fused-ring (bicyclic) bond motifs is 1. The molecule has 0 N–H and O–H groups in total. The van der Waals surface area contributed by atoms with Gasteiger partial charge in [-0.2, -0.15) is 0 Å². The van der Waals surface area contributed by atoms with Crippen molar-refractivity contribution >= 4 is 11.8 Å². The van der Waals surface area contributed by atoms with Gasteiger partial charge in [0, 0.05) is 10.6 Å². The summed E-state index contributed by atoms with van der Waals surface area (Å²) in [4.78, 5) is 1.43. The summed E-state index contributed by atoms with van der Waals surface area (Å²) in [5, 5.41) is 0. The molecule has 0 spiro atoms. The SMILES string of the molecule is [c]1ccc2c(c1)SCC2. The molecule has 0 bridgehead atoms. The van der Waals surface area contributed by atoms with E-state index in [9.17, 15) is 0 Å². The zero-order valence-corrected chi connectivity index (χ0v) is 5.87. The lowest BCUT2D eigenvalue weighted by Crippen LogP contribution is -1.76.